The Kier molecular flexibility index (Phi) is 6.68. The van der Waals surface area contributed by atoms with Gasteiger partial charge in [-0.15, -0.1) is 0 Å². The molecule has 0 bridgehead atoms. The molecule has 59 valence electrons. The van der Waals surface area contributed by atoms with Gasteiger partial charge < -0.3 is 0 Å². The lowest BCUT2D eigenvalue weighted by molar-refractivity contribution is 0.610. The van der Waals surface area contributed by atoms with Gasteiger partial charge in [0.15, 0.2) is 0 Å². The summed E-state index contributed by atoms with van der Waals surface area (Å²) in [6.45, 7) is 8.25. The lowest BCUT2D eigenvalue weighted by Gasteiger charge is -2.02. The predicted octanol–water partition coefficient (Wildman–Crippen LogP) is 3.59. The fourth-order valence-corrected chi connectivity index (χ4v) is 0.931. The molecule has 0 aromatic heterocycles. The maximum atomic E-state index is 3.81. The van der Waals surface area contributed by atoms with Crippen molar-refractivity contribution in [3.05, 3.63) is 19.1 Å². The highest BCUT2D eigenvalue weighted by molar-refractivity contribution is 4.85. The molecule has 1 unspecified atom stereocenters. The highest BCUT2D eigenvalue weighted by Gasteiger charge is 1.93. The molecule has 0 saturated heterocycles. The highest BCUT2D eigenvalue weighted by atomic mass is 14.0. The van der Waals surface area contributed by atoms with E-state index in [1.165, 1.54) is 12.8 Å². The van der Waals surface area contributed by atoms with Gasteiger partial charge in [0.2, 0.25) is 0 Å². The van der Waals surface area contributed by atoms with Gasteiger partial charge in [-0.1, -0.05) is 45.8 Å². The van der Waals surface area contributed by atoms with Crippen LogP contribution in [0.5, 0.6) is 0 Å². The van der Waals surface area contributed by atoms with Crippen LogP contribution in [0, 0.1) is 12.8 Å². The van der Waals surface area contributed by atoms with E-state index < -0.39 is 0 Å². The Labute approximate surface area is 65.3 Å². The van der Waals surface area contributed by atoms with Crippen LogP contribution in [0.2, 0.25) is 0 Å². The van der Waals surface area contributed by atoms with Crippen LogP contribution in [0.1, 0.15) is 39.5 Å². The first kappa shape index (κ1) is 9.74. The zero-order chi connectivity index (χ0) is 7.82. The summed E-state index contributed by atoms with van der Waals surface area (Å²) in [5.74, 6) is 0.752. The van der Waals surface area contributed by atoms with Crippen LogP contribution in [0.3, 0.4) is 0 Å². The molecule has 0 N–H and O–H groups in total. The minimum atomic E-state index is 0.752. The molecular formula is C10H19. The molecule has 0 aliphatic rings. The summed E-state index contributed by atoms with van der Waals surface area (Å²) in [4.78, 5) is 0. The second-order valence-corrected chi connectivity index (χ2v) is 2.81. The van der Waals surface area contributed by atoms with E-state index in [2.05, 4.69) is 32.9 Å². The van der Waals surface area contributed by atoms with Crippen molar-refractivity contribution in [1.82, 2.24) is 0 Å². The van der Waals surface area contributed by atoms with Crippen LogP contribution in [0.4, 0.5) is 0 Å². The van der Waals surface area contributed by atoms with Gasteiger partial charge >= 0.3 is 0 Å². The van der Waals surface area contributed by atoms with Crippen LogP contribution in [0.25, 0.3) is 0 Å². The number of allylic oxidation sites excluding steroid dienone is 2. The van der Waals surface area contributed by atoms with Gasteiger partial charge in [-0.05, 0) is 18.8 Å². The Bertz CT molecular complexity index is 82.0. The van der Waals surface area contributed by atoms with E-state index in [-0.39, 0.29) is 0 Å². The van der Waals surface area contributed by atoms with Crippen molar-refractivity contribution in [2.45, 2.75) is 39.5 Å². The number of rotatable bonds is 5. The van der Waals surface area contributed by atoms with Crippen molar-refractivity contribution in [2.24, 2.45) is 5.92 Å². The maximum Gasteiger partial charge on any atom is -0.0262 e. The van der Waals surface area contributed by atoms with Crippen LogP contribution < -0.4 is 0 Å². The molecule has 0 fully saturated rings. The molecule has 0 amide bonds. The van der Waals surface area contributed by atoms with E-state index in [1.54, 1.807) is 0 Å². The maximum absolute atomic E-state index is 3.81. The second-order valence-electron chi connectivity index (χ2n) is 2.81. The third-order valence-electron chi connectivity index (χ3n) is 1.61. The van der Waals surface area contributed by atoms with Crippen molar-refractivity contribution in [2.75, 3.05) is 0 Å². The van der Waals surface area contributed by atoms with Crippen molar-refractivity contribution in [3.63, 3.8) is 0 Å². The van der Waals surface area contributed by atoms with Crippen molar-refractivity contribution < 1.29 is 0 Å². The first-order valence-electron chi connectivity index (χ1n) is 4.27. The molecule has 0 heterocycles. The smallest absolute Gasteiger partial charge is 0.0262 e. The molecule has 0 rings (SSSR count). The minimum Gasteiger partial charge on any atom is -0.0885 e. The molecule has 1 radical (unpaired) electrons. The molecule has 0 saturated carbocycles. The fraction of sp³-hybridized carbons (Fsp3) is 0.700. The van der Waals surface area contributed by atoms with Crippen molar-refractivity contribution >= 4 is 0 Å². The predicted molar refractivity (Wildman–Crippen MR) is 47.8 cm³/mol. The SMILES string of the molecule is [CH2]CCCC(C)C=CCC. The van der Waals surface area contributed by atoms with Gasteiger partial charge in [0.05, 0.1) is 0 Å². The molecule has 1 atom stereocenters. The molecule has 0 heteroatoms. The third-order valence-corrected chi connectivity index (χ3v) is 1.61. The summed E-state index contributed by atoms with van der Waals surface area (Å²) in [6.07, 6.45) is 9.33. The normalized spacial score (nSPS) is 14.3. The standard InChI is InChI=1S/C10H19/c1-4-6-8-10(3)9-7-5-2/h7,9-10H,1,4-6,8H2,2-3H3. The van der Waals surface area contributed by atoms with Gasteiger partial charge in [-0.2, -0.15) is 0 Å². The monoisotopic (exact) mass is 139 g/mol. The number of hydrogen-bond acceptors (Lipinski definition) is 0. The summed E-state index contributed by atoms with van der Waals surface area (Å²) in [5, 5.41) is 0. The molecule has 0 nitrogen and oxygen atoms in total. The topological polar surface area (TPSA) is 0 Å². The molecule has 0 aromatic carbocycles. The van der Waals surface area contributed by atoms with Gasteiger partial charge in [0.25, 0.3) is 0 Å². The van der Waals surface area contributed by atoms with Crippen molar-refractivity contribution in [1.29, 1.82) is 0 Å². The Hall–Kier alpha value is -0.260. The Morgan fingerprint density at radius 2 is 2.20 bits per heavy atom. The van der Waals surface area contributed by atoms with Crippen LogP contribution in [-0.4, -0.2) is 0 Å². The first-order chi connectivity index (χ1) is 4.81. The van der Waals surface area contributed by atoms with E-state index >= 15 is 0 Å². The summed E-state index contributed by atoms with van der Waals surface area (Å²) in [7, 11) is 0. The van der Waals surface area contributed by atoms with Gasteiger partial charge in [-0.25, -0.2) is 0 Å². The summed E-state index contributed by atoms with van der Waals surface area (Å²) in [5.41, 5.74) is 0. The summed E-state index contributed by atoms with van der Waals surface area (Å²) in [6, 6.07) is 0. The zero-order valence-electron chi connectivity index (χ0n) is 7.27. The zero-order valence-corrected chi connectivity index (χ0v) is 7.27. The summed E-state index contributed by atoms with van der Waals surface area (Å²) < 4.78 is 0. The van der Waals surface area contributed by atoms with E-state index in [0.29, 0.717) is 0 Å². The molecule has 0 aliphatic carbocycles. The number of hydrogen-bond donors (Lipinski definition) is 0. The molecule has 0 aliphatic heterocycles. The average Bonchev–Trinajstić information content (AvgIpc) is 1.97. The largest absolute Gasteiger partial charge is 0.0885 e. The van der Waals surface area contributed by atoms with Crippen LogP contribution >= 0.6 is 0 Å². The van der Waals surface area contributed by atoms with Crippen LogP contribution in [-0.2, 0) is 0 Å². The highest BCUT2D eigenvalue weighted by Crippen LogP contribution is 2.08. The van der Waals surface area contributed by atoms with Gasteiger partial charge in [0.1, 0.15) is 0 Å². The Morgan fingerprint density at radius 3 is 2.70 bits per heavy atom. The Morgan fingerprint density at radius 1 is 1.50 bits per heavy atom. The fourth-order valence-electron chi connectivity index (χ4n) is 0.931. The quantitative estimate of drug-likeness (QED) is 0.510. The summed E-state index contributed by atoms with van der Waals surface area (Å²) >= 11 is 0. The molecule has 0 spiro atoms. The van der Waals surface area contributed by atoms with Crippen molar-refractivity contribution in [3.8, 4) is 0 Å². The number of unbranched alkanes of at least 4 members (excludes halogenated alkanes) is 1. The molecule has 10 heavy (non-hydrogen) atoms. The first-order valence-corrected chi connectivity index (χ1v) is 4.27. The van der Waals surface area contributed by atoms with E-state index in [1.807, 2.05) is 0 Å². The van der Waals surface area contributed by atoms with Gasteiger partial charge in [0, 0.05) is 0 Å². The average molecular weight is 139 g/mol. The van der Waals surface area contributed by atoms with Crippen LogP contribution in [0.15, 0.2) is 12.2 Å². The minimum absolute atomic E-state index is 0.752. The molecule has 0 aromatic rings. The lowest BCUT2D eigenvalue weighted by Crippen LogP contribution is -1.87. The van der Waals surface area contributed by atoms with E-state index in [4.69, 9.17) is 0 Å². The second kappa shape index (κ2) is 6.85. The molecular weight excluding hydrogens is 120 g/mol. The lowest BCUT2D eigenvalue weighted by atomic mass is 10.0. The van der Waals surface area contributed by atoms with E-state index in [9.17, 15) is 0 Å². The van der Waals surface area contributed by atoms with E-state index in [0.717, 1.165) is 18.8 Å². The Balaban J connectivity index is 3.24. The van der Waals surface area contributed by atoms with Gasteiger partial charge in [-0.3, -0.25) is 0 Å². The third kappa shape index (κ3) is 5.87.